The summed E-state index contributed by atoms with van der Waals surface area (Å²) in [4.78, 5) is 31.7. The van der Waals surface area contributed by atoms with Gasteiger partial charge in [-0.2, -0.15) is 0 Å². The van der Waals surface area contributed by atoms with Crippen LogP contribution in [-0.4, -0.2) is 103 Å². The molecule has 0 aromatic heterocycles. The topological polar surface area (TPSA) is 78.9 Å². The van der Waals surface area contributed by atoms with Crippen LogP contribution in [0.25, 0.3) is 0 Å². The summed E-state index contributed by atoms with van der Waals surface area (Å²) >= 11 is 0. The molecule has 0 fully saturated rings. The van der Waals surface area contributed by atoms with E-state index < -0.39 is 0 Å². The third kappa shape index (κ3) is 13.0. The Balaban J connectivity index is 0.00000361. The summed E-state index contributed by atoms with van der Waals surface area (Å²) in [6.07, 6.45) is 0. The number of quaternary nitrogens is 2. The number of carbonyl (C=O) groups is 3. The molecule has 0 aliphatic carbocycles. The first-order chi connectivity index (χ1) is 21.7. The molecule has 0 atom stereocenters. The number of Topliss-reactive ketones (excluding diaryl/α,β-unsaturated/α-hetero) is 1. The van der Waals surface area contributed by atoms with Gasteiger partial charge in [-0.05, 0) is 50.2 Å². The van der Waals surface area contributed by atoms with Crippen molar-refractivity contribution in [3.63, 3.8) is 0 Å². The first kappa shape index (κ1) is 37.3. The third-order valence-electron chi connectivity index (χ3n) is 6.49. The summed E-state index contributed by atoms with van der Waals surface area (Å²) in [5, 5.41) is 0. The van der Waals surface area contributed by atoms with Crippen LogP contribution in [0.15, 0.2) is 60.7 Å². The number of hydrogen-bond acceptors (Lipinski definition) is 6. The van der Waals surface area contributed by atoms with E-state index in [2.05, 4.69) is 66.0 Å². The van der Waals surface area contributed by atoms with Crippen LogP contribution in [0.4, 0.5) is 0 Å². The van der Waals surface area contributed by atoms with E-state index >= 15 is 0 Å². The van der Waals surface area contributed by atoms with Crippen molar-refractivity contribution in [1.29, 1.82) is 0 Å². The van der Waals surface area contributed by atoms with Gasteiger partial charge in [0.15, 0.2) is 5.78 Å². The number of esters is 1. The second-order valence-corrected chi connectivity index (χ2v) is 12.5. The highest BCUT2D eigenvalue weighted by Crippen LogP contribution is 2.29. The fourth-order valence-corrected chi connectivity index (χ4v) is 3.82. The molecule has 3 rings (SSSR count). The molecular formula is C38H46N2O6+2. The van der Waals surface area contributed by atoms with Gasteiger partial charge < -0.3 is 28.0 Å². The van der Waals surface area contributed by atoms with E-state index in [1.165, 1.54) is 0 Å². The molecule has 0 amide bonds. The summed E-state index contributed by atoms with van der Waals surface area (Å²) in [6.45, 7) is 8.24. The van der Waals surface area contributed by atoms with Crippen molar-refractivity contribution in [3.05, 3.63) is 94.0 Å². The maximum Gasteiger partial charge on any atom is 0.338 e. The summed E-state index contributed by atoms with van der Waals surface area (Å²) in [5.41, 5.74) is 4.03. The van der Waals surface area contributed by atoms with Gasteiger partial charge in [-0.1, -0.05) is 35.8 Å². The molecule has 0 aliphatic heterocycles. The van der Waals surface area contributed by atoms with Crippen LogP contribution in [0, 0.1) is 23.7 Å². The van der Waals surface area contributed by atoms with Gasteiger partial charge in [0.1, 0.15) is 44.6 Å². The molecule has 0 saturated carbocycles. The molecule has 3 aromatic rings. The molecular weight excluding hydrogens is 580 g/mol. The van der Waals surface area contributed by atoms with Gasteiger partial charge in [-0.3, -0.25) is 4.79 Å². The van der Waals surface area contributed by atoms with Crippen molar-refractivity contribution in [2.24, 2.45) is 0 Å². The first-order valence-corrected chi connectivity index (χ1v) is 15.0. The van der Waals surface area contributed by atoms with E-state index in [0.29, 0.717) is 53.6 Å². The lowest BCUT2D eigenvalue weighted by Crippen LogP contribution is -2.38. The second kappa shape index (κ2) is 17.6. The van der Waals surface area contributed by atoms with Gasteiger partial charge in [0, 0.05) is 28.8 Å². The molecule has 0 unspecified atom stereocenters. The van der Waals surface area contributed by atoms with Gasteiger partial charge in [-0.25, -0.2) is 4.79 Å². The van der Waals surface area contributed by atoms with Gasteiger partial charge in [0.25, 0.3) is 0 Å². The number of ketones is 1. The number of rotatable bonds is 11. The quantitative estimate of drug-likeness (QED) is 0.131. The SMILES string of the molecule is C=O.CCOC(=O)c1ccc(C#Cc2cc(OCC[N+](C)(C)C)c(C#Cc3ccc(C(C)=O)cc3)cc2OCC[N+](C)(C)C)cc1. The van der Waals surface area contributed by atoms with Crippen LogP contribution in [0.3, 0.4) is 0 Å². The zero-order chi connectivity index (χ0) is 34.3. The highest BCUT2D eigenvalue weighted by molar-refractivity contribution is 5.94. The van der Waals surface area contributed by atoms with E-state index in [4.69, 9.17) is 19.0 Å². The predicted octanol–water partition coefficient (Wildman–Crippen LogP) is 4.85. The van der Waals surface area contributed by atoms with Crippen LogP contribution in [0.2, 0.25) is 0 Å². The predicted molar refractivity (Wildman–Crippen MR) is 181 cm³/mol. The normalized spacial score (nSPS) is 10.6. The summed E-state index contributed by atoms with van der Waals surface area (Å²) in [7, 11) is 12.7. The van der Waals surface area contributed by atoms with Crippen molar-refractivity contribution < 1.29 is 37.6 Å². The maximum atomic E-state index is 12.0. The van der Waals surface area contributed by atoms with Crippen LogP contribution >= 0.6 is 0 Å². The Hall–Kier alpha value is -4.89. The highest BCUT2D eigenvalue weighted by atomic mass is 16.5. The van der Waals surface area contributed by atoms with Crippen molar-refractivity contribution in [2.45, 2.75) is 13.8 Å². The van der Waals surface area contributed by atoms with E-state index in [-0.39, 0.29) is 11.8 Å². The van der Waals surface area contributed by atoms with E-state index in [1.807, 2.05) is 31.1 Å². The number of carbonyl (C=O) groups excluding carboxylic acids is 3. The van der Waals surface area contributed by atoms with Crippen molar-refractivity contribution in [1.82, 2.24) is 0 Å². The fraction of sp³-hybridized carbons (Fsp3) is 0.342. The van der Waals surface area contributed by atoms with Gasteiger partial charge in [-0.15, -0.1) is 0 Å². The van der Waals surface area contributed by atoms with Crippen LogP contribution in [0.1, 0.15) is 56.8 Å². The van der Waals surface area contributed by atoms with E-state index in [0.717, 1.165) is 33.2 Å². The molecule has 0 saturated heterocycles. The molecule has 8 heteroatoms. The second-order valence-electron chi connectivity index (χ2n) is 12.5. The molecule has 46 heavy (non-hydrogen) atoms. The largest absolute Gasteiger partial charge is 0.486 e. The minimum atomic E-state index is -0.359. The number of hydrogen-bond donors (Lipinski definition) is 0. The molecule has 8 nitrogen and oxygen atoms in total. The standard InChI is InChI=1S/C37H44N2O5.CH2O/c1-9-42-37(41)32-18-12-30(13-19-32)15-21-34-27-35(43-24-22-38(3,4)5)33(26-36(34)44-25-23-39(6,7)8)20-14-29-10-16-31(17-11-29)28(2)40;1-2/h10-13,16-19,26-27H,9,22-25H2,1-8H3;1H2/q+2;. The molecule has 0 bridgehead atoms. The van der Waals surface area contributed by atoms with Crippen LogP contribution in [-0.2, 0) is 9.53 Å². The number of ether oxygens (including phenoxy) is 3. The Labute approximate surface area is 274 Å². The molecule has 0 radical (unpaired) electrons. The Morgan fingerprint density at radius 2 is 1.04 bits per heavy atom. The van der Waals surface area contributed by atoms with E-state index in [1.54, 1.807) is 50.2 Å². The lowest BCUT2D eigenvalue weighted by Gasteiger charge is -2.24. The summed E-state index contributed by atoms with van der Waals surface area (Å²) in [6, 6.07) is 18.0. The third-order valence-corrected chi connectivity index (χ3v) is 6.49. The number of nitrogens with zero attached hydrogens (tertiary/aromatic N) is 2. The Morgan fingerprint density at radius 1 is 0.652 bits per heavy atom. The van der Waals surface area contributed by atoms with Crippen LogP contribution < -0.4 is 9.47 Å². The van der Waals surface area contributed by atoms with Gasteiger partial charge >= 0.3 is 5.97 Å². The van der Waals surface area contributed by atoms with Crippen molar-refractivity contribution in [3.8, 4) is 35.2 Å². The lowest BCUT2D eigenvalue weighted by atomic mass is 10.1. The van der Waals surface area contributed by atoms with Crippen LogP contribution in [0.5, 0.6) is 11.5 Å². The average molecular weight is 627 g/mol. The molecule has 0 aliphatic rings. The zero-order valence-electron chi connectivity index (χ0n) is 28.4. The average Bonchev–Trinajstić information content (AvgIpc) is 3.00. The van der Waals surface area contributed by atoms with Crippen molar-refractivity contribution in [2.75, 3.05) is 75.2 Å². The minimum Gasteiger partial charge on any atom is -0.486 e. The Bertz CT molecular complexity index is 1590. The lowest BCUT2D eigenvalue weighted by molar-refractivity contribution is -0.870. The monoisotopic (exact) mass is 626 g/mol. The molecule has 0 spiro atoms. The molecule has 0 N–H and O–H groups in total. The number of benzene rings is 3. The van der Waals surface area contributed by atoms with Crippen molar-refractivity contribution >= 4 is 18.5 Å². The first-order valence-electron chi connectivity index (χ1n) is 15.0. The maximum absolute atomic E-state index is 12.0. The van der Waals surface area contributed by atoms with Gasteiger partial charge in [0.05, 0.1) is 65.6 Å². The molecule has 0 heterocycles. The molecule has 3 aromatic carbocycles. The Morgan fingerprint density at radius 3 is 1.39 bits per heavy atom. The molecule has 242 valence electrons. The smallest absolute Gasteiger partial charge is 0.338 e. The summed E-state index contributed by atoms with van der Waals surface area (Å²) in [5.74, 6) is 13.8. The summed E-state index contributed by atoms with van der Waals surface area (Å²) < 4.78 is 19.2. The minimum absolute atomic E-state index is 0.0137. The fourth-order valence-electron chi connectivity index (χ4n) is 3.82. The number of likely N-dealkylation sites (N-methyl/N-ethyl adjacent to an activating group) is 2. The zero-order valence-corrected chi connectivity index (χ0v) is 28.4. The van der Waals surface area contributed by atoms with E-state index in [9.17, 15) is 9.59 Å². The van der Waals surface area contributed by atoms with Gasteiger partial charge in [0.2, 0.25) is 0 Å². The highest BCUT2D eigenvalue weighted by Gasteiger charge is 2.15. The Kier molecular flexibility index (Phi) is 14.2.